The van der Waals surface area contributed by atoms with E-state index in [9.17, 15) is 13.2 Å². The summed E-state index contributed by atoms with van der Waals surface area (Å²) in [6, 6.07) is -0.135. The van der Waals surface area contributed by atoms with Crippen LogP contribution in [0.4, 0.5) is 4.79 Å². The summed E-state index contributed by atoms with van der Waals surface area (Å²) in [5.74, 6) is 0. The average Bonchev–Trinajstić information content (AvgIpc) is 2.20. The second kappa shape index (κ2) is 4.98. The Morgan fingerprint density at radius 2 is 2.12 bits per heavy atom. The number of nitrogens with zero attached hydrogens (tertiary/aromatic N) is 1. The van der Waals surface area contributed by atoms with Crippen LogP contribution >= 0.6 is 0 Å². The monoisotopic (exact) mass is 251 g/mol. The molecule has 0 aromatic heterocycles. The lowest BCUT2D eigenvalue weighted by Gasteiger charge is -2.35. The van der Waals surface area contributed by atoms with Crippen LogP contribution in [0.1, 0.15) is 13.8 Å². The zero-order valence-corrected chi connectivity index (χ0v) is 10.4. The van der Waals surface area contributed by atoms with Gasteiger partial charge in [-0.2, -0.15) is 12.7 Å². The van der Waals surface area contributed by atoms with Crippen LogP contribution in [0.15, 0.2) is 0 Å². The lowest BCUT2D eigenvalue weighted by molar-refractivity contribution is 0.175. The van der Waals surface area contributed by atoms with Gasteiger partial charge in [-0.05, 0) is 13.8 Å². The number of nitrogens with one attached hydrogen (secondary N) is 2. The number of hydrogen-bond donors (Lipinski definition) is 2. The number of ether oxygens (including phenoxy) is 1. The lowest BCUT2D eigenvalue weighted by atomic mass is 10.2. The predicted octanol–water partition coefficient (Wildman–Crippen LogP) is -0.731. The summed E-state index contributed by atoms with van der Waals surface area (Å²) >= 11 is 0. The fourth-order valence-corrected chi connectivity index (χ4v) is 2.91. The maximum Gasteiger partial charge on any atom is 0.421 e. The molecule has 8 heteroatoms. The maximum atomic E-state index is 11.8. The molecular formula is C8H17N3O4S. The molecule has 1 amide bonds. The minimum atomic E-state index is -3.81. The van der Waals surface area contributed by atoms with Gasteiger partial charge in [-0.3, -0.25) is 0 Å². The first kappa shape index (κ1) is 13.2. The molecule has 1 rings (SSSR count). The van der Waals surface area contributed by atoms with Crippen LogP contribution in [0.25, 0.3) is 0 Å². The van der Waals surface area contributed by atoms with E-state index in [4.69, 9.17) is 0 Å². The highest BCUT2D eigenvalue weighted by atomic mass is 32.2. The average molecular weight is 251 g/mol. The van der Waals surface area contributed by atoms with Gasteiger partial charge >= 0.3 is 16.3 Å². The number of carbonyl (C=O) groups excluding carboxylic acids is 1. The van der Waals surface area contributed by atoms with E-state index >= 15 is 0 Å². The third-order valence-electron chi connectivity index (χ3n) is 2.41. The quantitative estimate of drug-likeness (QED) is 0.675. The zero-order valence-electron chi connectivity index (χ0n) is 9.56. The van der Waals surface area contributed by atoms with Crippen LogP contribution in [0.2, 0.25) is 0 Å². The molecule has 0 aliphatic carbocycles. The highest BCUT2D eigenvalue weighted by Crippen LogP contribution is 2.10. The van der Waals surface area contributed by atoms with E-state index in [2.05, 4.69) is 10.1 Å². The molecule has 0 radical (unpaired) electrons. The second-order valence-electron chi connectivity index (χ2n) is 3.83. The van der Waals surface area contributed by atoms with E-state index < -0.39 is 16.3 Å². The summed E-state index contributed by atoms with van der Waals surface area (Å²) in [6.07, 6.45) is -0.974. The van der Waals surface area contributed by atoms with E-state index in [1.807, 2.05) is 11.6 Å². The number of piperazine rings is 1. The molecule has 0 saturated carbocycles. The van der Waals surface area contributed by atoms with E-state index in [1.165, 1.54) is 4.31 Å². The van der Waals surface area contributed by atoms with Crippen molar-refractivity contribution in [2.75, 3.05) is 20.2 Å². The van der Waals surface area contributed by atoms with Crippen molar-refractivity contribution in [1.29, 1.82) is 0 Å². The Labute approximate surface area is 95.3 Å². The van der Waals surface area contributed by atoms with Gasteiger partial charge in [0.1, 0.15) is 0 Å². The van der Waals surface area contributed by atoms with Gasteiger partial charge < -0.3 is 10.1 Å². The van der Waals surface area contributed by atoms with E-state index in [0.29, 0.717) is 13.1 Å². The topological polar surface area (TPSA) is 87.7 Å². The van der Waals surface area contributed by atoms with Crippen LogP contribution in [-0.2, 0) is 14.9 Å². The minimum absolute atomic E-state index is 0.0606. The standard InChI is InChI=1S/C8H17N3O4S/c1-6-5-11(7(2)4-9-6)16(13,14)10-8(12)15-3/h6-7,9H,4-5H2,1-3H3,(H,10,12). The first-order chi connectivity index (χ1) is 7.36. The van der Waals surface area contributed by atoms with E-state index in [0.717, 1.165) is 7.11 Å². The van der Waals surface area contributed by atoms with Crippen molar-refractivity contribution < 1.29 is 17.9 Å². The molecule has 2 N–H and O–H groups in total. The Balaban J connectivity index is 2.77. The molecule has 0 aromatic carbocycles. The molecule has 1 aliphatic rings. The molecule has 1 saturated heterocycles. The van der Waals surface area contributed by atoms with Crippen molar-refractivity contribution >= 4 is 16.3 Å². The molecule has 7 nitrogen and oxygen atoms in total. The van der Waals surface area contributed by atoms with Crippen molar-refractivity contribution in [2.24, 2.45) is 0 Å². The molecule has 2 unspecified atom stereocenters. The molecule has 16 heavy (non-hydrogen) atoms. The summed E-state index contributed by atoms with van der Waals surface area (Å²) in [5, 5.41) is 3.15. The lowest BCUT2D eigenvalue weighted by Crippen LogP contribution is -2.59. The number of carbonyl (C=O) groups is 1. The molecule has 0 aromatic rings. The Morgan fingerprint density at radius 1 is 1.50 bits per heavy atom. The largest absolute Gasteiger partial charge is 0.452 e. The van der Waals surface area contributed by atoms with Crippen LogP contribution in [0, 0.1) is 0 Å². The Hall–Kier alpha value is -0.860. The summed E-state index contributed by atoms with van der Waals surface area (Å²) < 4.78 is 31.0. The van der Waals surface area contributed by atoms with Crippen LogP contribution in [0.3, 0.4) is 0 Å². The summed E-state index contributed by atoms with van der Waals surface area (Å²) in [7, 11) is -2.69. The third-order valence-corrected chi connectivity index (χ3v) is 3.96. The van der Waals surface area contributed by atoms with Gasteiger partial charge in [-0.1, -0.05) is 0 Å². The predicted molar refractivity (Wildman–Crippen MR) is 58.1 cm³/mol. The van der Waals surface area contributed by atoms with Crippen molar-refractivity contribution in [3.05, 3.63) is 0 Å². The van der Waals surface area contributed by atoms with E-state index in [1.54, 1.807) is 6.92 Å². The van der Waals surface area contributed by atoms with Gasteiger partial charge in [0.2, 0.25) is 0 Å². The molecule has 0 spiro atoms. The van der Waals surface area contributed by atoms with Gasteiger partial charge in [0.05, 0.1) is 7.11 Å². The van der Waals surface area contributed by atoms with Crippen molar-refractivity contribution in [3.8, 4) is 0 Å². The number of methoxy groups -OCH3 is 1. The third kappa shape index (κ3) is 3.06. The number of rotatable bonds is 2. The molecule has 1 heterocycles. The van der Waals surface area contributed by atoms with Crippen LogP contribution in [-0.4, -0.2) is 51.1 Å². The maximum absolute atomic E-state index is 11.8. The van der Waals surface area contributed by atoms with Gasteiger partial charge in [0.15, 0.2) is 0 Å². The first-order valence-corrected chi connectivity index (χ1v) is 6.41. The first-order valence-electron chi connectivity index (χ1n) is 4.97. The molecule has 94 valence electrons. The summed E-state index contributed by atoms with van der Waals surface area (Å²) in [5.41, 5.74) is 0. The fraction of sp³-hybridized carbons (Fsp3) is 0.875. The van der Waals surface area contributed by atoms with Gasteiger partial charge in [0, 0.05) is 25.2 Å². The van der Waals surface area contributed by atoms with E-state index in [-0.39, 0.29) is 12.1 Å². The van der Waals surface area contributed by atoms with Crippen molar-refractivity contribution in [2.45, 2.75) is 25.9 Å². The van der Waals surface area contributed by atoms with Crippen molar-refractivity contribution in [3.63, 3.8) is 0 Å². The minimum Gasteiger partial charge on any atom is -0.452 e. The Morgan fingerprint density at radius 3 is 2.69 bits per heavy atom. The zero-order chi connectivity index (χ0) is 12.3. The number of hydrogen-bond acceptors (Lipinski definition) is 5. The second-order valence-corrected chi connectivity index (χ2v) is 5.45. The molecule has 2 atom stereocenters. The normalized spacial score (nSPS) is 27.4. The summed E-state index contributed by atoms with van der Waals surface area (Å²) in [6.45, 7) is 4.54. The Kier molecular flexibility index (Phi) is 4.11. The molecule has 1 aliphatic heterocycles. The SMILES string of the molecule is COC(=O)NS(=O)(=O)N1CC(C)NCC1C. The number of amides is 1. The molecular weight excluding hydrogens is 234 g/mol. The van der Waals surface area contributed by atoms with Gasteiger partial charge in [0.25, 0.3) is 0 Å². The fourth-order valence-electron chi connectivity index (χ4n) is 1.53. The van der Waals surface area contributed by atoms with Crippen LogP contribution in [0.5, 0.6) is 0 Å². The van der Waals surface area contributed by atoms with Crippen LogP contribution < -0.4 is 10.0 Å². The van der Waals surface area contributed by atoms with Gasteiger partial charge in [-0.25, -0.2) is 9.52 Å². The van der Waals surface area contributed by atoms with Crippen molar-refractivity contribution in [1.82, 2.24) is 14.3 Å². The van der Waals surface area contributed by atoms with Gasteiger partial charge in [-0.15, -0.1) is 0 Å². The smallest absolute Gasteiger partial charge is 0.421 e. The Bertz CT molecular complexity index is 356. The summed E-state index contributed by atoms with van der Waals surface area (Å²) in [4.78, 5) is 10.9. The highest BCUT2D eigenvalue weighted by molar-refractivity contribution is 7.87. The molecule has 1 fully saturated rings. The molecule has 0 bridgehead atoms. The highest BCUT2D eigenvalue weighted by Gasteiger charge is 2.33.